The van der Waals surface area contributed by atoms with Crippen molar-refractivity contribution in [1.82, 2.24) is 9.66 Å². The van der Waals surface area contributed by atoms with E-state index in [0.717, 1.165) is 22.3 Å². The summed E-state index contributed by atoms with van der Waals surface area (Å²) >= 11 is 9.52. The summed E-state index contributed by atoms with van der Waals surface area (Å²) in [5.74, 6) is 6.96. The number of nitrogens with zero attached hydrogens (tertiary/aromatic N) is 2. The first kappa shape index (κ1) is 12.3. The Labute approximate surface area is 113 Å². The highest BCUT2D eigenvalue weighted by Crippen LogP contribution is 2.33. The summed E-state index contributed by atoms with van der Waals surface area (Å²) in [6.07, 6.45) is 0.717. The molecule has 17 heavy (non-hydrogen) atoms. The Hall–Kier alpha value is -1.20. The summed E-state index contributed by atoms with van der Waals surface area (Å²) in [6.45, 7) is 1.97. The standard InChI is InChI=1S/C11H12BrClN4/c1-2-9-16-10(11(14)17(9)15)7-4-3-6(12)5-8(7)13/h3-5H,2,14-15H2,1H3. The van der Waals surface area contributed by atoms with Gasteiger partial charge in [0.1, 0.15) is 11.5 Å². The van der Waals surface area contributed by atoms with Crippen LogP contribution in [0.2, 0.25) is 5.02 Å². The number of nitrogens with two attached hydrogens (primary N) is 2. The van der Waals surface area contributed by atoms with Crippen molar-refractivity contribution >= 4 is 33.3 Å². The van der Waals surface area contributed by atoms with Crippen LogP contribution in [0, 0.1) is 0 Å². The predicted molar refractivity (Wildman–Crippen MR) is 74.3 cm³/mol. The van der Waals surface area contributed by atoms with Gasteiger partial charge in [-0.25, -0.2) is 9.66 Å². The van der Waals surface area contributed by atoms with E-state index in [1.807, 2.05) is 19.1 Å². The number of hydrogen-bond acceptors (Lipinski definition) is 3. The molecule has 0 aliphatic heterocycles. The lowest BCUT2D eigenvalue weighted by Crippen LogP contribution is -2.14. The number of aromatic nitrogens is 2. The molecule has 90 valence electrons. The van der Waals surface area contributed by atoms with Gasteiger partial charge in [-0.3, -0.25) is 0 Å². The topological polar surface area (TPSA) is 69.9 Å². The molecule has 2 aromatic rings. The summed E-state index contributed by atoms with van der Waals surface area (Å²) < 4.78 is 2.31. The molecule has 4 nitrogen and oxygen atoms in total. The summed E-state index contributed by atoms with van der Waals surface area (Å²) in [4.78, 5) is 4.40. The summed E-state index contributed by atoms with van der Waals surface area (Å²) in [7, 11) is 0. The molecule has 0 amide bonds. The van der Waals surface area contributed by atoms with Crippen LogP contribution < -0.4 is 11.6 Å². The maximum atomic E-state index is 6.17. The largest absolute Gasteiger partial charge is 0.382 e. The van der Waals surface area contributed by atoms with Crippen LogP contribution in [0.4, 0.5) is 5.82 Å². The molecule has 1 aromatic heterocycles. The fraction of sp³-hybridized carbons (Fsp3) is 0.182. The lowest BCUT2D eigenvalue weighted by molar-refractivity contribution is 0.865. The lowest BCUT2D eigenvalue weighted by atomic mass is 10.1. The molecule has 0 saturated heterocycles. The first-order chi connectivity index (χ1) is 8.04. The van der Waals surface area contributed by atoms with Gasteiger partial charge in [0.25, 0.3) is 0 Å². The van der Waals surface area contributed by atoms with Crippen molar-refractivity contribution in [2.75, 3.05) is 11.6 Å². The zero-order chi connectivity index (χ0) is 12.6. The van der Waals surface area contributed by atoms with Gasteiger partial charge in [-0.1, -0.05) is 40.5 Å². The molecule has 0 unspecified atom stereocenters. The first-order valence-corrected chi connectivity index (χ1v) is 6.29. The number of imidazole rings is 1. The van der Waals surface area contributed by atoms with E-state index in [0.29, 0.717) is 16.5 Å². The normalized spacial score (nSPS) is 10.8. The van der Waals surface area contributed by atoms with Crippen LogP contribution in [-0.2, 0) is 6.42 Å². The highest BCUT2D eigenvalue weighted by molar-refractivity contribution is 9.10. The molecular formula is C11H12BrClN4. The second-order valence-electron chi connectivity index (χ2n) is 3.61. The zero-order valence-corrected chi connectivity index (χ0v) is 11.6. The summed E-state index contributed by atoms with van der Waals surface area (Å²) in [6, 6.07) is 5.56. The van der Waals surface area contributed by atoms with Crippen molar-refractivity contribution in [1.29, 1.82) is 0 Å². The number of halogens is 2. The smallest absolute Gasteiger partial charge is 0.150 e. The van der Waals surface area contributed by atoms with Gasteiger partial charge in [0.2, 0.25) is 0 Å². The highest BCUT2D eigenvalue weighted by atomic mass is 79.9. The molecular weight excluding hydrogens is 304 g/mol. The lowest BCUT2D eigenvalue weighted by Gasteiger charge is -2.03. The number of rotatable bonds is 2. The number of nitrogen functional groups attached to an aromatic ring is 2. The molecule has 6 heteroatoms. The monoisotopic (exact) mass is 314 g/mol. The fourth-order valence-electron chi connectivity index (χ4n) is 1.62. The van der Waals surface area contributed by atoms with Crippen LogP contribution in [0.3, 0.4) is 0 Å². The average molecular weight is 316 g/mol. The maximum absolute atomic E-state index is 6.17. The molecule has 0 spiro atoms. The van der Waals surface area contributed by atoms with E-state index in [-0.39, 0.29) is 0 Å². The highest BCUT2D eigenvalue weighted by Gasteiger charge is 2.15. The van der Waals surface area contributed by atoms with Gasteiger partial charge in [-0.2, -0.15) is 0 Å². The van der Waals surface area contributed by atoms with Gasteiger partial charge in [0.15, 0.2) is 5.82 Å². The molecule has 0 fully saturated rings. The van der Waals surface area contributed by atoms with Crippen LogP contribution in [0.15, 0.2) is 22.7 Å². The van der Waals surface area contributed by atoms with Crippen molar-refractivity contribution in [3.8, 4) is 11.3 Å². The summed E-state index contributed by atoms with van der Waals surface area (Å²) in [5, 5.41) is 0.590. The van der Waals surface area contributed by atoms with Gasteiger partial charge >= 0.3 is 0 Å². The second-order valence-corrected chi connectivity index (χ2v) is 4.93. The minimum atomic E-state index is 0.422. The summed E-state index contributed by atoms with van der Waals surface area (Å²) in [5.41, 5.74) is 7.33. The average Bonchev–Trinajstić information content (AvgIpc) is 2.57. The Balaban J connectivity index is 2.60. The molecule has 1 heterocycles. The van der Waals surface area contributed by atoms with Crippen LogP contribution in [0.25, 0.3) is 11.3 Å². The van der Waals surface area contributed by atoms with Crippen molar-refractivity contribution in [3.63, 3.8) is 0 Å². The van der Waals surface area contributed by atoms with E-state index in [2.05, 4.69) is 20.9 Å². The Morgan fingerprint density at radius 2 is 2.18 bits per heavy atom. The van der Waals surface area contributed by atoms with Gasteiger partial charge in [-0.05, 0) is 12.1 Å². The Kier molecular flexibility index (Phi) is 3.31. The third-order valence-corrected chi connectivity index (χ3v) is 3.33. The molecule has 0 bridgehead atoms. The van der Waals surface area contributed by atoms with E-state index in [9.17, 15) is 0 Å². The van der Waals surface area contributed by atoms with Gasteiger partial charge in [-0.15, -0.1) is 0 Å². The van der Waals surface area contributed by atoms with Gasteiger partial charge in [0.05, 0.1) is 5.02 Å². The zero-order valence-electron chi connectivity index (χ0n) is 9.24. The predicted octanol–water partition coefficient (Wildman–Crippen LogP) is 2.82. The second kappa shape index (κ2) is 4.58. The van der Waals surface area contributed by atoms with E-state index in [4.69, 9.17) is 23.2 Å². The SMILES string of the molecule is CCc1nc(-c2ccc(Br)cc2Cl)c(N)n1N. The van der Waals surface area contributed by atoms with E-state index >= 15 is 0 Å². The third-order valence-electron chi connectivity index (χ3n) is 2.52. The number of benzene rings is 1. The first-order valence-electron chi connectivity index (χ1n) is 5.12. The molecule has 0 saturated carbocycles. The minimum Gasteiger partial charge on any atom is -0.382 e. The van der Waals surface area contributed by atoms with Crippen LogP contribution in [0.1, 0.15) is 12.7 Å². The van der Waals surface area contributed by atoms with E-state index in [1.54, 1.807) is 6.07 Å². The maximum Gasteiger partial charge on any atom is 0.150 e. The Morgan fingerprint density at radius 1 is 1.47 bits per heavy atom. The van der Waals surface area contributed by atoms with Crippen molar-refractivity contribution in [3.05, 3.63) is 33.5 Å². The molecule has 2 rings (SSSR count). The number of aryl methyl sites for hydroxylation is 1. The fourth-order valence-corrected chi connectivity index (χ4v) is 2.39. The van der Waals surface area contributed by atoms with Crippen LogP contribution in [0.5, 0.6) is 0 Å². The third kappa shape index (κ3) is 2.12. The molecule has 1 aromatic carbocycles. The molecule has 0 atom stereocenters. The Morgan fingerprint density at radius 3 is 2.71 bits per heavy atom. The van der Waals surface area contributed by atoms with Gasteiger partial charge < -0.3 is 11.6 Å². The Bertz CT molecular complexity index is 565. The number of anilines is 1. The number of hydrogen-bond donors (Lipinski definition) is 2. The molecule has 0 aliphatic carbocycles. The van der Waals surface area contributed by atoms with Crippen LogP contribution in [-0.4, -0.2) is 9.66 Å². The van der Waals surface area contributed by atoms with Crippen molar-refractivity contribution in [2.24, 2.45) is 0 Å². The van der Waals surface area contributed by atoms with E-state index < -0.39 is 0 Å². The van der Waals surface area contributed by atoms with Gasteiger partial charge in [0, 0.05) is 16.5 Å². The van der Waals surface area contributed by atoms with Crippen molar-refractivity contribution in [2.45, 2.75) is 13.3 Å². The van der Waals surface area contributed by atoms with Crippen LogP contribution >= 0.6 is 27.5 Å². The molecule has 4 N–H and O–H groups in total. The minimum absolute atomic E-state index is 0.422. The molecule has 0 aliphatic rings. The van der Waals surface area contributed by atoms with E-state index in [1.165, 1.54) is 4.68 Å². The van der Waals surface area contributed by atoms with Crippen molar-refractivity contribution < 1.29 is 0 Å². The molecule has 0 radical (unpaired) electrons. The quantitative estimate of drug-likeness (QED) is 0.837.